The van der Waals surface area contributed by atoms with E-state index >= 15 is 0 Å². The molecule has 6 heteroatoms. The summed E-state index contributed by atoms with van der Waals surface area (Å²) >= 11 is 11.9. The van der Waals surface area contributed by atoms with Crippen LogP contribution in [0.3, 0.4) is 0 Å². The molecule has 1 N–H and O–H groups in total. The van der Waals surface area contributed by atoms with Crippen molar-refractivity contribution in [2.75, 3.05) is 26.8 Å². The number of ether oxygens (including phenoxy) is 1. The van der Waals surface area contributed by atoms with Crippen LogP contribution in [0.2, 0.25) is 10.0 Å². The van der Waals surface area contributed by atoms with Crippen molar-refractivity contribution < 1.29 is 9.53 Å². The second kappa shape index (κ2) is 7.16. The van der Waals surface area contributed by atoms with E-state index in [1.807, 2.05) is 12.1 Å². The fraction of sp³-hybridized carbons (Fsp3) is 0.500. The number of benzene rings is 1. The van der Waals surface area contributed by atoms with Gasteiger partial charge in [0.15, 0.2) is 0 Å². The van der Waals surface area contributed by atoms with E-state index in [-0.39, 0.29) is 6.03 Å². The van der Waals surface area contributed by atoms with Crippen molar-refractivity contribution in [3.63, 3.8) is 0 Å². The third-order valence-electron chi connectivity index (χ3n) is 3.25. The zero-order chi connectivity index (χ0) is 14.5. The normalized spacial score (nSPS) is 18.1. The first-order valence-corrected chi connectivity index (χ1v) is 7.32. The Hall–Kier alpha value is -0.970. The number of carbonyl (C=O) groups excluding carboxylic acids is 1. The molecule has 2 rings (SSSR count). The maximum atomic E-state index is 12.0. The van der Waals surface area contributed by atoms with Crippen molar-refractivity contribution in [3.05, 3.63) is 33.8 Å². The Balaban J connectivity index is 1.83. The molecule has 1 atom stereocenters. The molecule has 0 radical (unpaired) electrons. The number of urea groups is 1. The van der Waals surface area contributed by atoms with Gasteiger partial charge in [-0.25, -0.2) is 4.79 Å². The molecule has 1 heterocycles. The Morgan fingerprint density at radius 2 is 2.10 bits per heavy atom. The number of nitrogens with one attached hydrogen (secondary N) is 1. The van der Waals surface area contributed by atoms with Gasteiger partial charge in [0.25, 0.3) is 0 Å². The summed E-state index contributed by atoms with van der Waals surface area (Å²) in [5, 5.41) is 4.06. The van der Waals surface area contributed by atoms with Gasteiger partial charge in [-0.2, -0.15) is 0 Å². The fourth-order valence-corrected chi connectivity index (χ4v) is 2.73. The van der Waals surface area contributed by atoms with Gasteiger partial charge in [-0.3, -0.25) is 0 Å². The predicted molar refractivity (Wildman–Crippen MR) is 80.3 cm³/mol. The molecule has 0 unspecified atom stereocenters. The molecule has 2 amide bonds. The Bertz CT molecular complexity index is 456. The Labute approximate surface area is 129 Å². The molecule has 20 heavy (non-hydrogen) atoms. The van der Waals surface area contributed by atoms with Crippen molar-refractivity contribution in [3.8, 4) is 0 Å². The monoisotopic (exact) mass is 316 g/mol. The van der Waals surface area contributed by atoms with Crippen molar-refractivity contribution in [2.45, 2.75) is 13.0 Å². The van der Waals surface area contributed by atoms with Gasteiger partial charge >= 0.3 is 6.03 Å². The first-order valence-electron chi connectivity index (χ1n) is 6.56. The first kappa shape index (κ1) is 15.4. The van der Waals surface area contributed by atoms with Crippen LogP contribution < -0.4 is 5.32 Å². The lowest BCUT2D eigenvalue weighted by Gasteiger charge is -2.19. The predicted octanol–water partition coefficient (Wildman–Crippen LogP) is 3.17. The molecule has 1 aromatic carbocycles. The molecule has 0 bridgehead atoms. The van der Waals surface area contributed by atoms with Crippen molar-refractivity contribution in [2.24, 2.45) is 5.92 Å². The summed E-state index contributed by atoms with van der Waals surface area (Å²) in [7, 11) is 1.75. The molecule has 1 fully saturated rings. The molecule has 1 saturated heterocycles. The van der Waals surface area contributed by atoms with Crippen LogP contribution in [0.5, 0.6) is 0 Å². The van der Waals surface area contributed by atoms with Crippen LogP contribution in [0, 0.1) is 5.92 Å². The minimum atomic E-state index is -0.104. The number of hydrogen-bond donors (Lipinski definition) is 1. The van der Waals surface area contributed by atoms with Crippen molar-refractivity contribution >= 4 is 29.2 Å². The zero-order valence-corrected chi connectivity index (χ0v) is 12.9. The maximum absolute atomic E-state index is 12.0. The SMILES string of the molecule is CN(Cc1cc(Cl)cc(Cl)c1)C(=O)NC[C@H]1CCOC1. The molecule has 110 valence electrons. The molecule has 1 aliphatic heterocycles. The molecule has 1 aromatic rings. The van der Waals surface area contributed by atoms with Crippen molar-refractivity contribution in [1.29, 1.82) is 0 Å². The summed E-state index contributed by atoms with van der Waals surface area (Å²) in [4.78, 5) is 13.6. The lowest BCUT2D eigenvalue weighted by Crippen LogP contribution is -2.39. The summed E-state index contributed by atoms with van der Waals surface area (Å²) in [6.45, 7) is 2.64. The van der Waals surface area contributed by atoms with E-state index in [0.717, 1.165) is 25.2 Å². The highest BCUT2D eigenvalue weighted by atomic mass is 35.5. The van der Waals surface area contributed by atoms with Gasteiger partial charge in [0.2, 0.25) is 0 Å². The van der Waals surface area contributed by atoms with Gasteiger partial charge in [-0.05, 0) is 30.2 Å². The molecule has 0 spiro atoms. The van der Waals surface area contributed by atoms with Crippen molar-refractivity contribution in [1.82, 2.24) is 10.2 Å². The number of nitrogens with zero attached hydrogens (tertiary/aromatic N) is 1. The average molecular weight is 317 g/mol. The van der Waals surface area contributed by atoms with Crippen LogP contribution in [-0.2, 0) is 11.3 Å². The van der Waals surface area contributed by atoms with E-state index in [0.29, 0.717) is 29.1 Å². The molecule has 0 saturated carbocycles. The second-order valence-corrected chi connectivity index (χ2v) is 5.92. The van der Waals surface area contributed by atoms with Crippen LogP contribution in [0.1, 0.15) is 12.0 Å². The number of halogens is 2. The minimum Gasteiger partial charge on any atom is -0.381 e. The summed E-state index contributed by atoms with van der Waals surface area (Å²) < 4.78 is 5.28. The maximum Gasteiger partial charge on any atom is 0.317 e. The van der Waals surface area contributed by atoms with E-state index in [4.69, 9.17) is 27.9 Å². The standard InChI is InChI=1S/C14H18Cl2N2O2/c1-18(8-11-4-12(15)6-13(16)5-11)14(19)17-7-10-2-3-20-9-10/h4-6,10H,2-3,7-9H2,1H3,(H,17,19)/t10-/m1/s1. The largest absolute Gasteiger partial charge is 0.381 e. The topological polar surface area (TPSA) is 41.6 Å². The van der Waals surface area contributed by atoms with E-state index in [1.54, 1.807) is 18.0 Å². The zero-order valence-electron chi connectivity index (χ0n) is 11.4. The van der Waals surface area contributed by atoms with Gasteiger partial charge in [-0.15, -0.1) is 0 Å². The van der Waals surface area contributed by atoms with Gasteiger partial charge in [0.05, 0.1) is 6.61 Å². The quantitative estimate of drug-likeness (QED) is 0.927. The summed E-state index contributed by atoms with van der Waals surface area (Å²) in [5.41, 5.74) is 0.907. The Morgan fingerprint density at radius 1 is 1.40 bits per heavy atom. The summed E-state index contributed by atoms with van der Waals surface area (Å²) in [6, 6.07) is 5.18. The molecular weight excluding hydrogens is 299 g/mol. The molecule has 0 aliphatic carbocycles. The van der Waals surface area contributed by atoms with Crippen LogP contribution in [0.4, 0.5) is 4.79 Å². The van der Waals surface area contributed by atoms with E-state index in [1.165, 1.54) is 0 Å². The third kappa shape index (κ3) is 4.54. The highest BCUT2D eigenvalue weighted by Crippen LogP contribution is 2.20. The van der Waals surface area contributed by atoms with E-state index in [2.05, 4.69) is 5.32 Å². The van der Waals surface area contributed by atoms with Gasteiger partial charge in [0.1, 0.15) is 0 Å². The van der Waals surface area contributed by atoms with Crippen LogP contribution >= 0.6 is 23.2 Å². The van der Waals surface area contributed by atoms with E-state index in [9.17, 15) is 4.79 Å². The molecule has 1 aliphatic rings. The molecule has 4 nitrogen and oxygen atoms in total. The highest BCUT2D eigenvalue weighted by molar-refractivity contribution is 6.34. The smallest absolute Gasteiger partial charge is 0.317 e. The van der Waals surface area contributed by atoms with Gasteiger partial charge in [-0.1, -0.05) is 23.2 Å². The summed E-state index contributed by atoms with van der Waals surface area (Å²) in [5.74, 6) is 0.424. The third-order valence-corrected chi connectivity index (χ3v) is 3.69. The Morgan fingerprint density at radius 3 is 2.70 bits per heavy atom. The molecule has 0 aromatic heterocycles. The number of hydrogen-bond acceptors (Lipinski definition) is 2. The summed E-state index contributed by atoms with van der Waals surface area (Å²) in [6.07, 6.45) is 1.01. The van der Waals surface area contributed by atoms with Gasteiger partial charge in [0, 0.05) is 42.7 Å². The number of rotatable bonds is 4. The number of amides is 2. The Kier molecular flexibility index (Phi) is 5.52. The lowest BCUT2D eigenvalue weighted by atomic mass is 10.1. The van der Waals surface area contributed by atoms with Crippen LogP contribution in [-0.4, -0.2) is 37.7 Å². The first-order chi connectivity index (χ1) is 9.54. The molecular formula is C14H18Cl2N2O2. The average Bonchev–Trinajstić information content (AvgIpc) is 2.87. The highest BCUT2D eigenvalue weighted by Gasteiger charge is 2.17. The van der Waals surface area contributed by atoms with Crippen LogP contribution in [0.25, 0.3) is 0 Å². The number of carbonyl (C=O) groups is 1. The minimum absolute atomic E-state index is 0.104. The lowest BCUT2D eigenvalue weighted by molar-refractivity contribution is 0.182. The fourth-order valence-electron chi connectivity index (χ4n) is 2.16. The second-order valence-electron chi connectivity index (χ2n) is 5.05. The van der Waals surface area contributed by atoms with Crippen LogP contribution in [0.15, 0.2) is 18.2 Å². The van der Waals surface area contributed by atoms with Gasteiger partial charge < -0.3 is 15.0 Å². The van der Waals surface area contributed by atoms with E-state index < -0.39 is 0 Å².